The summed E-state index contributed by atoms with van der Waals surface area (Å²) in [6.07, 6.45) is -0.551. The highest BCUT2D eigenvalue weighted by Gasteiger charge is 2.55. The summed E-state index contributed by atoms with van der Waals surface area (Å²) in [6, 6.07) is 19.7. The third-order valence-corrected chi connectivity index (χ3v) is 11.6. The molecule has 2 aromatic rings. The summed E-state index contributed by atoms with van der Waals surface area (Å²) in [6.45, 7) is 12.4. The molecule has 36 heavy (non-hydrogen) atoms. The van der Waals surface area contributed by atoms with Crippen LogP contribution < -0.4 is 10.4 Å². The maximum Gasteiger partial charge on any atom is 0.411 e. The monoisotopic (exact) mass is 512 g/mol. The molecule has 0 radical (unpaired) electrons. The number of likely N-dealkylation sites (N-methyl/N-ethyl adjacent to an activating group) is 1. The van der Waals surface area contributed by atoms with E-state index in [1.54, 1.807) is 7.05 Å². The first kappa shape index (κ1) is 27.9. The lowest BCUT2D eigenvalue weighted by Crippen LogP contribution is -2.69. The van der Waals surface area contributed by atoms with Gasteiger partial charge in [-0.05, 0) is 42.6 Å². The predicted octanol–water partition coefficient (Wildman–Crippen LogP) is 3.96. The molecule has 2 aromatic carbocycles. The van der Waals surface area contributed by atoms with Gasteiger partial charge in [0.05, 0.1) is 13.2 Å². The second-order valence-corrected chi connectivity index (χ2v) is 15.5. The Morgan fingerprint density at radius 1 is 0.917 bits per heavy atom. The van der Waals surface area contributed by atoms with Crippen LogP contribution in [0, 0.1) is 0 Å². The Balaban J connectivity index is 2.13. The van der Waals surface area contributed by atoms with Crippen molar-refractivity contribution in [3.05, 3.63) is 60.7 Å². The maximum atomic E-state index is 13.6. The second-order valence-electron chi connectivity index (χ2n) is 11.2. The average molecular weight is 513 g/mol. The van der Waals surface area contributed by atoms with E-state index in [2.05, 4.69) is 45.0 Å². The largest absolute Gasteiger partial charge is 0.444 e. The first-order chi connectivity index (χ1) is 16.8. The van der Waals surface area contributed by atoms with Gasteiger partial charge in [0, 0.05) is 13.6 Å². The Bertz CT molecular complexity index is 994. The summed E-state index contributed by atoms with van der Waals surface area (Å²) < 4.78 is 12.9. The third-order valence-electron chi connectivity index (χ3n) is 6.55. The molecule has 0 bridgehead atoms. The number of carbonyl (C=O) groups is 2. The summed E-state index contributed by atoms with van der Waals surface area (Å²) in [5.74, 6) is -0.344. The van der Waals surface area contributed by atoms with Gasteiger partial charge >= 0.3 is 6.09 Å². The van der Waals surface area contributed by atoms with Gasteiger partial charge in [0.15, 0.2) is 0 Å². The molecule has 1 aliphatic rings. The summed E-state index contributed by atoms with van der Waals surface area (Å²) in [5, 5.41) is 3.13. The molecular weight excluding hydrogens is 472 g/mol. The van der Waals surface area contributed by atoms with E-state index in [0.29, 0.717) is 13.0 Å². The zero-order chi connectivity index (χ0) is 26.7. The molecule has 1 aliphatic heterocycles. The van der Waals surface area contributed by atoms with Crippen LogP contribution in [0.1, 0.15) is 48.0 Å². The quantitative estimate of drug-likeness (QED) is 0.433. The molecule has 1 saturated heterocycles. The topological polar surface area (TPSA) is 68.3 Å². The Morgan fingerprint density at radius 3 is 1.83 bits per heavy atom. The molecule has 1 heterocycles. The van der Waals surface area contributed by atoms with Crippen LogP contribution in [0.4, 0.5) is 4.79 Å². The van der Waals surface area contributed by atoms with Crippen LogP contribution >= 0.6 is 0 Å². The normalized spacial score (nSPS) is 18.7. The predicted molar refractivity (Wildman–Crippen MR) is 144 cm³/mol. The molecular formula is C28H40N2O5Si. The Morgan fingerprint density at radius 2 is 1.42 bits per heavy atom. The Labute approximate surface area is 216 Å². The Kier molecular flexibility index (Phi) is 8.32. The van der Waals surface area contributed by atoms with E-state index < -0.39 is 32.2 Å². The van der Waals surface area contributed by atoms with Crippen LogP contribution in [0.5, 0.6) is 0 Å². The van der Waals surface area contributed by atoms with Crippen LogP contribution in [-0.2, 0) is 18.8 Å². The standard InChI is InChI=1S/C28H40N2O5Si/c1-27(2,3)34-26(32)30-20-19-23(24(30)25(31)29(7)33-8)35-36(28(4,5)6,21-15-11-9-12-16-21)22-17-13-10-14-18-22/h9-18,23-24H,19-20H2,1-8H3/t23-,24-/m0/s1. The fourth-order valence-electron chi connectivity index (χ4n) is 4.90. The minimum absolute atomic E-state index is 0.268. The van der Waals surface area contributed by atoms with Crippen molar-refractivity contribution in [2.45, 2.75) is 70.7 Å². The minimum Gasteiger partial charge on any atom is -0.444 e. The summed E-state index contributed by atoms with van der Waals surface area (Å²) in [4.78, 5) is 33.5. The van der Waals surface area contributed by atoms with Crippen molar-refractivity contribution in [2.75, 3.05) is 20.7 Å². The molecule has 0 spiro atoms. The molecule has 0 unspecified atom stereocenters. The number of ether oxygens (including phenoxy) is 1. The number of carbonyl (C=O) groups excluding carboxylic acids is 2. The van der Waals surface area contributed by atoms with E-state index in [9.17, 15) is 9.59 Å². The zero-order valence-corrected chi connectivity index (χ0v) is 23.8. The molecule has 0 aliphatic carbocycles. The number of nitrogens with zero attached hydrogens (tertiary/aromatic N) is 2. The average Bonchev–Trinajstić information content (AvgIpc) is 3.24. The number of hydrogen-bond donors (Lipinski definition) is 0. The van der Waals surface area contributed by atoms with Gasteiger partial charge < -0.3 is 9.16 Å². The molecule has 8 heteroatoms. The van der Waals surface area contributed by atoms with Crippen LogP contribution in [0.3, 0.4) is 0 Å². The highest BCUT2D eigenvalue weighted by molar-refractivity contribution is 6.99. The number of benzene rings is 2. The van der Waals surface area contributed by atoms with E-state index >= 15 is 0 Å². The van der Waals surface area contributed by atoms with E-state index in [4.69, 9.17) is 14.0 Å². The lowest BCUT2D eigenvalue weighted by Gasteiger charge is -2.45. The van der Waals surface area contributed by atoms with Gasteiger partial charge in [-0.25, -0.2) is 9.86 Å². The van der Waals surface area contributed by atoms with E-state index in [0.717, 1.165) is 15.4 Å². The van der Waals surface area contributed by atoms with Gasteiger partial charge in [0.1, 0.15) is 11.6 Å². The summed E-state index contributed by atoms with van der Waals surface area (Å²) in [7, 11) is 0.0341. The van der Waals surface area contributed by atoms with Gasteiger partial charge in [0.2, 0.25) is 0 Å². The van der Waals surface area contributed by atoms with Gasteiger partial charge in [0.25, 0.3) is 14.2 Å². The third kappa shape index (κ3) is 5.66. The summed E-state index contributed by atoms with van der Waals surface area (Å²) in [5.41, 5.74) is -0.686. The summed E-state index contributed by atoms with van der Waals surface area (Å²) >= 11 is 0. The van der Waals surface area contributed by atoms with Crippen molar-refractivity contribution in [2.24, 2.45) is 0 Å². The maximum absolute atomic E-state index is 13.6. The number of likely N-dealkylation sites (tertiary alicyclic amines) is 1. The van der Waals surface area contributed by atoms with Crippen LogP contribution in [-0.4, -0.2) is 68.7 Å². The highest BCUT2D eigenvalue weighted by Crippen LogP contribution is 2.40. The molecule has 3 rings (SSSR count). The van der Waals surface area contributed by atoms with Crippen molar-refractivity contribution in [1.29, 1.82) is 0 Å². The molecule has 0 aromatic heterocycles. The SMILES string of the molecule is CON(C)C(=O)[C@@H]1[C@@H](O[Si](c2ccccc2)(c2ccccc2)C(C)(C)C)CCN1C(=O)OC(C)(C)C. The molecule has 0 saturated carbocycles. The van der Waals surface area contributed by atoms with Crippen LogP contribution in [0.15, 0.2) is 60.7 Å². The van der Waals surface area contributed by atoms with E-state index in [1.807, 2.05) is 57.2 Å². The van der Waals surface area contributed by atoms with Crippen molar-refractivity contribution in [3.8, 4) is 0 Å². The van der Waals surface area contributed by atoms with Gasteiger partial charge in [-0.15, -0.1) is 0 Å². The fraction of sp³-hybridized carbons (Fsp3) is 0.500. The van der Waals surface area contributed by atoms with Crippen molar-refractivity contribution >= 4 is 30.7 Å². The van der Waals surface area contributed by atoms with Crippen LogP contribution in [0.25, 0.3) is 0 Å². The van der Waals surface area contributed by atoms with Gasteiger partial charge in [-0.3, -0.25) is 14.5 Å². The van der Waals surface area contributed by atoms with Crippen molar-refractivity contribution in [1.82, 2.24) is 9.96 Å². The minimum atomic E-state index is -2.95. The highest BCUT2D eigenvalue weighted by atomic mass is 28.4. The lowest BCUT2D eigenvalue weighted by molar-refractivity contribution is -0.175. The Hall–Kier alpha value is -2.68. The van der Waals surface area contributed by atoms with E-state index in [-0.39, 0.29) is 10.9 Å². The molecule has 196 valence electrons. The molecule has 0 N–H and O–H groups in total. The molecule has 7 nitrogen and oxygen atoms in total. The number of hydroxylamine groups is 2. The van der Waals surface area contributed by atoms with Crippen molar-refractivity contribution in [3.63, 3.8) is 0 Å². The second kappa shape index (κ2) is 10.7. The zero-order valence-electron chi connectivity index (χ0n) is 22.8. The first-order valence-electron chi connectivity index (χ1n) is 12.4. The van der Waals surface area contributed by atoms with Crippen molar-refractivity contribution < 1.29 is 23.6 Å². The van der Waals surface area contributed by atoms with Gasteiger partial charge in [-0.2, -0.15) is 0 Å². The fourth-order valence-corrected chi connectivity index (χ4v) is 9.62. The van der Waals surface area contributed by atoms with Gasteiger partial charge in [-0.1, -0.05) is 81.4 Å². The van der Waals surface area contributed by atoms with E-state index in [1.165, 1.54) is 12.0 Å². The van der Waals surface area contributed by atoms with Crippen LogP contribution in [0.2, 0.25) is 5.04 Å². The smallest absolute Gasteiger partial charge is 0.411 e. The molecule has 2 atom stereocenters. The number of rotatable bonds is 6. The number of amides is 2. The molecule has 2 amide bonds. The number of hydrogen-bond acceptors (Lipinski definition) is 5. The lowest BCUT2D eigenvalue weighted by atomic mass is 10.1. The molecule has 1 fully saturated rings. The first-order valence-corrected chi connectivity index (χ1v) is 14.3.